The van der Waals surface area contributed by atoms with Gasteiger partial charge in [-0.05, 0) is 12.1 Å². The van der Waals surface area contributed by atoms with Crippen molar-refractivity contribution in [2.24, 2.45) is 0 Å². The molecule has 3 heterocycles. The summed E-state index contributed by atoms with van der Waals surface area (Å²) in [5.41, 5.74) is -0.594. The van der Waals surface area contributed by atoms with Crippen molar-refractivity contribution >= 4 is 5.91 Å². The molecule has 1 aliphatic heterocycles. The van der Waals surface area contributed by atoms with Gasteiger partial charge in [-0.15, -0.1) is 0 Å². The van der Waals surface area contributed by atoms with Crippen LogP contribution in [0.1, 0.15) is 22.3 Å². The zero-order chi connectivity index (χ0) is 18.0. The Morgan fingerprint density at radius 3 is 2.92 bits per heavy atom. The third kappa shape index (κ3) is 3.98. The van der Waals surface area contributed by atoms with Crippen LogP contribution in [-0.2, 0) is 6.18 Å². The minimum Gasteiger partial charge on any atom is -0.619 e. The van der Waals surface area contributed by atoms with Crippen LogP contribution < -0.4 is 9.47 Å². The van der Waals surface area contributed by atoms with Crippen molar-refractivity contribution in [3.05, 3.63) is 59.2 Å². The van der Waals surface area contributed by atoms with Crippen molar-refractivity contribution in [3.63, 3.8) is 0 Å². The Morgan fingerprint density at radius 1 is 1.40 bits per heavy atom. The van der Waals surface area contributed by atoms with Gasteiger partial charge in [0.25, 0.3) is 5.91 Å². The van der Waals surface area contributed by atoms with E-state index < -0.39 is 17.8 Å². The highest BCUT2D eigenvalue weighted by molar-refractivity contribution is 5.93. The molecular formula is C16H14F3N3O3. The summed E-state index contributed by atoms with van der Waals surface area (Å²) in [6.45, 7) is 0.598. The van der Waals surface area contributed by atoms with E-state index in [2.05, 4.69) is 4.98 Å². The van der Waals surface area contributed by atoms with Crippen LogP contribution in [0.5, 0.6) is 5.88 Å². The molecule has 0 N–H and O–H groups in total. The fraction of sp³-hybridized carbons (Fsp3) is 0.312. The molecule has 0 aliphatic carbocycles. The smallest absolute Gasteiger partial charge is 0.416 e. The number of alkyl halides is 3. The van der Waals surface area contributed by atoms with Crippen LogP contribution in [-0.4, -0.2) is 35.0 Å². The van der Waals surface area contributed by atoms with E-state index in [0.717, 1.165) is 18.3 Å². The summed E-state index contributed by atoms with van der Waals surface area (Å²) in [5.74, 6) is -0.459. The van der Waals surface area contributed by atoms with Gasteiger partial charge in [-0.2, -0.15) is 17.9 Å². The molecule has 9 heteroatoms. The van der Waals surface area contributed by atoms with Gasteiger partial charge in [0.05, 0.1) is 12.1 Å². The molecule has 1 aliphatic rings. The Kier molecular flexibility index (Phi) is 4.47. The number of carbonyl (C=O) groups excluding carboxylic acids is 1. The van der Waals surface area contributed by atoms with Crippen LogP contribution in [0.3, 0.4) is 0 Å². The topological polar surface area (TPSA) is 69.4 Å². The summed E-state index contributed by atoms with van der Waals surface area (Å²) >= 11 is 0. The molecule has 0 saturated carbocycles. The molecule has 0 bridgehead atoms. The second-order valence-corrected chi connectivity index (χ2v) is 5.61. The summed E-state index contributed by atoms with van der Waals surface area (Å²) < 4.78 is 44.1. The lowest BCUT2D eigenvalue weighted by Crippen LogP contribution is -2.33. The second-order valence-electron chi connectivity index (χ2n) is 5.61. The number of aromatic nitrogens is 2. The lowest BCUT2D eigenvalue weighted by Gasteiger charge is -2.17. The standard InChI is InChI=1S/C16H14F3N3O3/c17-16(18,19)12-3-5-20-14(8-12)25-13-4-7-21(10-13)15(23)11-2-1-6-22(24)9-11/h1-3,5-6,8-9,13H,4,7,10H2. The molecule has 1 saturated heterocycles. The number of ether oxygens (including phenoxy) is 1. The normalized spacial score (nSPS) is 17.6. The number of amides is 1. The van der Waals surface area contributed by atoms with E-state index in [-0.39, 0.29) is 23.9 Å². The first-order chi connectivity index (χ1) is 11.8. The van der Waals surface area contributed by atoms with E-state index in [4.69, 9.17) is 4.74 Å². The second kappa shape index (κ2) is 6.58. The van der Waals surface area contributed by atoms with E-state index in [1.54, 1.807) is 0 Å². The van der Waals surface area contributed by atoms with Crippen molar-refractivity contribution in [3.8, 4) is 5.88 Å². The Hall–Kier alpha value is -2.84. The molecular weight excluding hydrogens is 339 g/mol. The molecule has 1 atom stereocenters. The Bertz CT molecular complexity index is 782. The van der Waals surface area contributed by atoms with Gasteiger partial charge >= 0.3 is 6.18 Å². The highest BCUT2D eigenvalue weighted by atomic mass is 19.4. The van der Waals surface area contributed by atoms with Crippen molar-refractivity contribution in [1.82, 2.24) is 9.88 Å². The first-order valence-electron chi connectivity index (χ1n) is 7.51. The van der Waals surface area contributed by atoms with Crippen molar-refractivity contribution < 1.29 is 27.4 Å². The zero-order valence-electron chi connectivity index (χ0n) is 12.9. The highest BCUT2D eigenvalue weighted by Gasteiger charge is 2.32. The zero-order valence-corrected chi connectivity index (χ0v) is 12.9. The number of hydrogen-bond acceptors (Lipinski definition) is 4. The Morgan fingerprint density at radius 2 is 2.20 bits per heavy atom. The molecule has 25 heavy (non-hydrogen) atoms. The van der Waals surface area contributed by atoms with Crippen molar-refractivity contribution in [1.29, 1.82) is 0 Å². The van der Waals surface area contributed by atoms with E-state index >= 15 is 0 Å². The van der Waals surface area contributed by atoms with Crippen LogP contribution in [0.2, 0.25) is 0 Å². The summed E-state index contributed by atoms with van der Waals surface area (Å²) in [7, 11) is 0. The molecule has 0 aromatic carbocycles. The minimum atomic E-state index is -4.47. The van der Waals surface area contributed by atoms with E-state index in [1.807, 2.05) is 0 Å². The Labute approximate surface area is 141 Å². The number of carbonyl (C=O) groups is 1. The maximum Gasteiger partial charge on any atom is 0.416 e. The lowest BCUT2D eigenvalue weighted by atomic mass is 10.2. The molecule has 0 radical (unpaired) electrons. The largest absolute Gasteiger partial charge is 0.619 e. The first-order valence-corrected chi connectivity index (χ1v) is 7.51. The number of pyridine rings is 2. The number of likely N-dealkylation sites (tertiary alicyclic amines) is 1. The van der Waals surface area contributed by atoms with Crippen LogP contribution in [0.15, 0.2) is 42.9 Å². The summed E-state index contributed by atoms with van der Waals surface area (Å²) in [5, 5.41) is 11.2. The average molecular weight is 353 g/mol. The summed E-state index contributed by atoms with van der Waals surface area (Å²) in [4.78, 5) is 17.6. The predicted molar refractivity (Wildman–Crippen MR) is 79.6 cm³/mol. The van der Waals surface area contributed by atoms with Gasteiger partial charge in [0.2, 0.25) is 5.88 Å². The number of nitrogens with zero attached hydrogens (tertiary/aromatic N) is 3. The average Bonchev–Trinajstić information content (AvgIpc) is 3.02. The Balaban J connectivity index is 1.65. The van der Waals surface area contributed by atoms with Crippen molar-refractivity contribution in [2.45, 2.75) is 18.7 Å². The summed E-state index contributed by atoms with van der Waals surface area (Å²) in [6, 6.07) is 4.70. The molecule has 1 fully saturated rings. The third-order valence-electron chi connectivity index (χ3n) is 3.80. The van der Waals surface area contributed by atoms with Gasteiger partial charge in [-0.1, -0.05) is 0 Å². The molecule has 2 aromatic rings. The van der Waals surface area contributed by atoms with E-state index in [9.17, 15) is 23.2 Å². The molecule has 1 amide bonds. The maximum atomic E-state index is 12.7. The van der Waals surface area contributed by atoms with Gasteiger partial charge in [0.1, 0.15) is 11.7 Å². The van der Waals surface area contributed by atoms with Crippen molar-refractivity contribution in [2.75, 3.05) is 13.1 Å². The fourth-order valence-corrected chi connectivity index (χ4v) is 2.59. The van der Waals surface area contributed by atoms with Gasteiger partial charge in [0, 0.05) is 31.3 Å². The number of halogens is 3. The minimum absolute atomic E-state index is 0.133. The molecule has 0 spiro atoms. The SMILES string of the molecule is O=C(c1ccc[n+]([O-])c1)N1CCC(Oc2cc(C(F)(F)F)ccn2)C1. The van der Waals surface area contributed by atoms with Crippen LogP contribution in [0.4, 0.5) is 13.2 Å². The molecule has 6 nitrogen and oxygen atoms in total. The lowest BCUT2D eigenvalue weighted by molar-refractivity contribution is -0.605. The molecule has 1 unspecified atom stereocenters. The van der Waals surface area contributed by atoms with Crippen LogP contribution >= 0.6 is 0 Å². The molecule has 3 rings (SSSR count). The van der Waals surface area contributed by atoms with E-state index in [1.165, 1.54) is 29.4 Å². The van der Waals surface area contributed by atoms with E-state index in [0.29, 0.717) is 17.7 Å². The quantitative estimate of drug-likeness (QED) is 0.625. The predicted octanol–water partition coefficient (Wildman–Crippen LogP) is 2.03. The van der Waals surface area contributed by atoms with Crippen LogP contribution in [0.25, 0.3) is 0 Å². The number of hydrogen-bond donors (Lipinski definition) is 0. The van der Waals surface area contributed by atoms with Crippen LogP contribution in [0, 0.1) is 5.21 Å². The van der Waals surface area contributed by atoms with Gasteiger partial charge < -0.3 is 14.8 Å². The third-order valence-corrected chi connectivity index (χ3v) is 3.80. The first kappa shape index (κ1) is 17.0. The monoisotopic (exact) mass is 353 g/mol. The fourth-order valence-electron chi connectivity index (χ4n) is 2.59. The van der Waals surface area contributed by atoms with Gasteiger partial charge in [-0.3, -0.25) is 4.79 Å². The number of rotatable bonds is 3. The maximum absolute atomic E-state index is 12.7. The molecule has 132 valence electrons. The highest BCUT2D eigenvalue weighted by Crippen LogP contribution is 2.31. The summed E-state index contributed by atoms with van der Waals surface area (Å²) in [6.07, 6.45) is -0.986. The van der Waals surface area contributed by atoms with Gasteiger partial charge in [-0.25, -0.2) is 4.98 Å². The molecule has 2 aromatic heterocycles. The van der Waals surface area contributed by atoms with Gasteiger partial charge in [0.15, 0.2) is 12.4 Å².